The molecule has 0 unspecified atom stereocenters. The van der Waals surface area contributed by atoms with Crippen molar-refractivity contribution in [3.63, 3.8) is 0 Å². The molecule has 0 spiro atoms. The summed E-state index contributed by atoms with van der Waals surface area (Å²) in [6.45, 7) is 1.05. The van der Waals surface area contributed by atoms with Gasteiger partial charge in [-0.25, -0.2) is 0 Å². The number of rotatable bonds is 7. The van der Waals surface area contributed by atoms with E-state index in [0.717, 1.165) is 17.7 Å². The van der Waals surface area contributed by atoms with Gasteiger partial charge in [0, 0.05) is 28.2 Å². The molecule has 1 aliphatic carbocycles. The molecule has 0 atom stereocenters. The Morgan fingerprint density at radius 3 is 2.54 bits per heavy atom. The molecule has 1 fully saturated rings. The van der Waals surface area contributed by atoms with Crippen molar-refractivity contribution in [2.45, 2.75) is 32.0 Å². The quantitative estimate of drug-likeness (QED) is 0.683. The van der Waals surface area contributed by atoms with Gasteiger partial charge in [0.1, 0.15) is 6.61 Å². The van der Waals surface area contributed by atoms with Gasteiger partial charge < -0.3 is 14.8 Å². The van der Waals surface area contributed by atoms with Gasteiger partial charge in [0.05, 0.1) is 12.1 Å². The number of methoxy groups -OCH3 is 1. The Morgan fingerprint density at radius 2 is 1.88 bits per heavy atom. The molecule has 24 heavy (non-hydrogen) atoms. The molecular formula is C18H18Cl3NO2. The molecule has 0 radical (unpaired) electrons. The van der Waals surface area contributed by atoms with Gasteiger partial charge >= 0.3 is 0 Å². The first-order chi connectivity index (χ1) is 11.6. The van der Waals surface area contributed by atoms with Crippen LogP contribution in [-0.2, 0) is 13.2 Å². The molecule has 3 nitrogen and oxygen atoms in total. The molecule has 2 aromatic carbocycles. The molecule has 0 aliphatic heterocycles. The largest absolute Gasteiger partial charge is 0.493 e. The van der Waals surface area contributed by atoms with Gasteiger partial charge in [-0.2, -0.15) is 0 Å². The first-order valence-corrected chi connectivity index (χ1v) is 8.86. The molecule has 6 heteroatoms. The molecule has 1 aliphatic rings. The summed E-state index contributed by atoms with van der Waals surface area (Å²) in [5.41, 5.74) is 1.90. The minimum atomic E-state index is 0.283. The Hall–Kier alpha value is -1.13. The lowest BCUT2D eigenvalue weighted by molar-refractivity contribution is 0.284. The highest BCUT2D eigenvalue weighted by Crippen LogP contribution is 2.37. The predicted molar refractivity (Wildman–Crippen MR) is 98.7 cm³/mol. The summed E-state index contributed by atoms with van der Waals surface area (Å²) in [6, 6.07) is 9.78. The molecule has 2 aromatic rings. The van der Waals surface area contributed by atoms with Crippen molar-refractivity contribution >= 4 is 34.8 Å². The van der Waals surface area contributed by atoms with Crippen LogP contribution < -0.4 is 14.8 Å². The van der Waals surface area contributed by atoms with E-state index in [2.05, 4.69) is 5.32 Å². The van der Waals surface area contributed by atoms with E-state index in [0.29, 0.717) is 32.6 Å². The van der Waals surface area contributed by atoms with E-state index in [-0.39, 0.29) is 6.61 Å². The van der Waals surface area contributed by atoms with Crippen molar-refractivity contribution in [3.05, 3.63) is 56.5 Å². The van der Waals surface area contributed by atoms with E-state index in [1.165, 1.54) is 12.8 Å². The second-order valence-corrected chi connectivity index (χ2v) is 7.04. The van der Waals surface area contributed by atoms with Gasteiger partial charge in [0.15, 0.2) is 11.5 Å². The zero-order valence-corrected chi connectivity index (χ0v) is 15.5. The standard InChI is InChI=1S/C18H18Cl3NO2/c1-23-17-7-11(9-22-14-4-5-14)6-16(21)18(17)24-10-12-2-3-13(19)8-15(12)20/h2-3,6-8,14,22H,4-5,9-10H2,1H3. The molecular weight excluding hydrogens is 369 g/mol. The average Bonchev–Trinajstić information content (AvgIpc) is 3.37. The van der Waals surface area contributed by atoms with Crippen LogP contribution in [0.15, 0.2) is 30.3 Å². The van der Waals surface area contributed by atoms with Crippen LogP contribution in [0.5, 0.6) is 11.5 Å². The van der Waals surface area contributed by atoms with Gasteiger partial charge in [-0.15, -0.1) is 0 Å². The fourth-order valence-corrected chi connectivity index (χ4v) is 3.10. The van der Waals surface area contributed by atoms with E-state index >= 15 is 0 Å². The number of ether oxygens (including phenoxy) is 2. The summed E-state index contributed by atoms with van der Waals surface area (Å²) in [5.74, 6) is 1.13. The van der Waals surface area contributed by atoms with E-state index < -0.39 is 0 Å². The van der Waals surface area contributed by atoms with Gasteiger partial charge in [0.2, 0.25) is 0 Å². The lowest BCUT2D eigenvalue weighted by Crippen LogP contribution is -2.15. The molecule has 0 bridgehead atoms. The average molecular weight is 387 g/mol. The normalized spacial score (nSPS) is 13.8. The Bertz CT molecular complexity index is 732. The monoisotopic (exact) mass is 385 g/mol. The van der Waals surface area contributed by atoms with Crippen LogP contribution in [-0.4, -0.2) is 13.2 Å². The fourth-order valence-electron chi connectivity index (χ4n) is 2.35. The minimum absolute atomic E-state index is 0.283. The second kappa shape index (κ2) is 7.83. The van der Waals surface area contributed by atoms with Crippen molar-refractivity contribution in [1.29, 1.82) is 0 Å². The number of hydrogen-bond acceptors (Lipinski definition) is 3. The van der Waals surface area contributed by atoms with Crippen LogP contribution in [0, 0.1) is 0 Å². The maximum Gasteiger partial charge on any atom is 0.180 e. The van der Waals surface area contributed by atoms with Crippen LogP contribution in [0.25, 0.3) is 0 Å². The summed E-state index contributed by atoms with van der Waals surface area (Å²) < 4.78 is 11.3. The third-order valence-corrected chi connectivity index (χ3v) is 4.72. The number of halogens is 3. The fraction of sp³-hybridized carbons (Fsp3) is 0.333. The van der Waals surface area contributed by atoms with E-state index in [1.54, 1.807) is 19.2 Å². The van der Waals surface area contributed by atoms with Gasteiger partial charge in [-0.05, 0) is 42.7 Å². The van der Waals surface area contributed by atoms with E-state index in [9.17, 15) is 0 Å². The summed E-state index contributed by atoms with van der Waals surface area (Å²) in [7, 11) is 1.60. The van der Waals surface area contributed by atoms with E-state index in [4.69, 9.17) is 44.3 Å². The van der Waals surface area contributed by atoms with Crippen LogP contribution in [0.1, 0.15) is 24.0 Å². The molecule has 0 heterocycles. The van der Waals surface area contributed by atoms with Crippen LogP contribution in [0.4, 0.5) is 0 Å². The predicted octanol–water partition coefficient (Wildman–Crippen LogP) is 5.49. The van der Waals surface area contributed by atoms with Crippen molar-refractivity contribution in [3.8, 4) is 11.5 Å². The van der Waals surface area contributed by atoms with Gasteiger partial charge in [-0.1, -0.05) is 40.9 Å². The van der Waals surface area contributed by atoms with Crippen molar-refractivity contribution in [2.75, 3.05) is 7.11 Å². The molecule has 3 rings (SSSR count). The maximum absolute atomic E-state index is 6.39. The van der Waals surface area contributed by atoms with Crippen LogP contribution in [0.2, 0.25) is 15.1 Å². The van der Waals surface area contributed by atoms with Gasteiger partial charge in [0.25, 0.3) is 0 Å². The van der Waals surface area contributed by atoms with Crippen molar-refractivity contribution < 1.29 is 9.47 Å². The highest BCUT2D eigenvalue weighted by Gasteiger charge is 2.20. The minimum Gasteiger partial charge on any atom is -0.493 e. The Kier molecular flexibility index (Phi) is 5.77. The molecule has 128 valence electrons. The molecule has 1 saturated carbocycles. The third-order valence-electron chi connectivity index (χ3n) is 3.85. The molecule has 0 aromatic heterocycles. The zero-order valence-electron chi connectivity index (χ0n) is 13.2. The van der Waals surface area contributed by atoms with Crippen molar-refractivity contribution in [2.24, 2.45) is 0 Å². The van der Waals surface area contributed by atoms with Crippen LogP contribution in [0.3, 0.4) is 0 Å². The summed E-state index contributed by atoms with van der Waals surface area (Å²) in [5, 5.41) is 5.12. The Morgan fingerprint density at radius 1 is 1.08 bits per heavy atom. The smallest absolute Gasteiger partial charge is 0.180 e. The number of hydrogen-bond donors (Lipinski definition) is 1. The number of nitrogens with one attached hydrogen (secondary N) is 1. The summed E-state index contributed by atoms with van der Waals surface area (Å²) in [4.78, 5) is 0. The third kappa shape index (κ3) is 4.48. The zero-order chi connectivity index (χ0) is 17.1. The first-order valence-electron chi connectivity index (χ1n) is 7.73. The maximum atomic E-state index is 6.39. The van der Waals surface area contributed by atoms with Gasteiger partial charge in [-0.3, -0.25) is 0 Å². The lowest BCUT2D eigenvalue weighted by atomic mass is 10.2. The topological polar surface area (TPSA) is 30.5 Å². The molecule has 0 saturated heterocycles. The Balaban J connectivity index is 1.73. The highest BCUT2D eigenvalue weighted by molar-refractivity contribution is 6.35. The summed E-state index contributed by atoms with van der Waals surface area (Å²) >= 11 is 18.5. The van der Waals surface area contributed by atoms with Crippen molar-refractivity contribution in [1.82, 2.24) is 5.32 Å². The second-order valence-electron chi connectivity index (χ2n) is 5.79. The Labute approximate surface area is 156 Å². The molecule has 1 N–H and O–H groups in total. The lowest BCUT2D eigenvalue weighted by Gasteiger charge is -2.15. The summed E-state index contributed by atoms with van der Waals surface area (Å²) in [6.07, 6.45) is 2.49. The molecule has 0 amide bonds. The number of benzene rings is 2. The first kappa shape index (κ1) is 17.7. The SMILES string of the molecule is COc1cc(CNC2CC2)cc(Cl)c1OCc1ccc(Cl)cc1Cl. The van der Waals surface area contributed by atoms with E-state index in [1.807, 2.05) is 18.2 Å². The highest BCUT2D eigenvalue weighted by atomic mass is 35.5. The van der Waals surface area contributed by atoms with Crippen LogP contribution >= 0.6 is 34.8 Å².